The Morgan fingerprint density at radius 2 is 2.06 bits per heavy atom. The predicted molar refractivity (Wildman–Crippen MR) is 62.4 cm³/mol. The summed E-state index contributed by atoms with van der Waals surface area (Å²) in [7, 11) is 1.40. The van der Waals surface area contributed by atoms with Crippen molar-refractivity contribution in [2.45, 2.75) is 25.3 Å². The first kappa shape index (κ1) is 11.1. The van der Waals surface area contributed by atoms with E-state index in [1.807, 2.05) is 24.3 Å². The van der Waals surface area contributed by atoms with Gasteiger partial charge in [0, 0.05) is 6.04 Å². The van der Waals surface area contributed by atoms with Crippen LogP contribution < -0.4 is 5.32 Å². The lowest BCUT2D eigenvalue weighted by Crippen LogP contribution is -2.26. The molecule has 1 atom stereocenters. The van der Waals surface area contributed by atoms with Crippen LogP contribution in [0.4, 0.5) is 0 Å². The van der Waals surface area contributed by atoms with Crippen molar-refractivity contribution in [1.29, 1.82) is 0 Å². The third kappa shape index (κ3) is 2.42. The molecule has 0 saturated carbocycles. The first-order chi connectivity index (χ1) is 7.81. The molecule has 3 heteroatoms. The van der Waals surface area contributed by atoms with Crippen LogP contribution in [0.5, 0.6) is 0 Å². The van der Waals surface area contributed by atoms with Crippen LogP contribution in [0, 0.1) is 0 Å². The molecule has 1 heterocycles. The molecule has 0 bridgehead atoms. The number of rotatable bonds is 2. The first-order valence-corrected chi connectivity index (χ1v) is 5.73. The molecule has 1 saturated heterocycles. The summed E-state index contributed by atoms with van der Waals surface area (Å²) in [4.78, 5) is 11.3. The second-order valence-electron chi connectivity index (χ2n) is 4.12. The molecule has 1 aromatic carbocycles. The fourth-order valence-electron chi connectivity index (χ4n) is 2.11. The minimum absolute atomic E-state index is 0.275. The van der Waals surface area contributed by atoms with Crippen LogP contribution in [-0.2, 0) is 4.74 Å². The van der Waals surface area contributed by atoms with E-state index in [2.05, 4.69) is 10.1 Å². The number of ether oxygens (including phenoxy) is 1. The van der Waals surface area contributed by atoms with E-state index >= 15 is 0 Å². The predicted octanol–water partition coefficient (Wildman–Crippen LogP) is 2.29. The zero-order valence-corrected chi connectivity index (χ0v) is 9.53. The average Bonchev–Trinajstić information content (AvgIpc) is 2.39. The average molecular weight is 219 g/mol. The summed E-state index contributed by atoms with van der Waals surface area (Å²) in [6, 6.07) is 8.12. The quantitative estimate of drug-likeness (QED) is 0.775. The van der Waals surface area contributed by atoms with Gasteiger partial charge in [0.25, 0.3) is 0 Å². The Morgan fingerprint density at radius 3 is 2.62 bits per heavy atom. The zero-order chi connectivity index (χ0) is 11.4. The normalized spacial score (nSPS) is 20.4. The van der Waals surface area contributed by atoms with Crippen LogP contribution in [0.25, 0.3) is 0 Å². The molecule has 0 aliphatic carbocycles. The number of carbonyl (C=O) groups is 1. The van der Waals surface area contributed by atoms with Crippen molar-refractivity contribution in [2.75, 3.05) is 13.7 Å². The zero-order valence-electron chi connectivity index (χ0n) is 9.53. The van der Waals surface area contributed by atoms with Gasteiger partial charge >= 0.3 is 5.97 Å². The van der Waals surface area contributed by atoms with Crippen molar-refractivity contribution in [3.63, 3.8) is 0 Å². The summed E-state index contributed by atoms with van der Waals surface area (Å²) in [6.07, 6.45) is 3.71. The van der Waals surface area contributed by atoms with Gasteiger partial charge in [-0.1, -0.05) is 18.6 Å². The minimum atomic E-state index is -0.275. The lowest BCUT2D eigenvalue weighted by atomic mass is 9.97. The van der Waals surface area contributed by atoms with Crippen molar-refractivity contribution in [1.82, 2.24) is 5.32 Å². The number of esters is 1. The number of nitrogens with one attached hydrogen (secondary N) is 1. The molecule has 1 aliphatic rings. The summed E-state index contributed by atoms with van der Waals surface area (Å²) in [5.74, 6) is -0.275. The highest BCUT2D eigenvalue weighted by molar-refractivity contribution is 5.89. The largest absolute Gasteiger partial charge is 0.465 e. The van der Waals surface area contributed by atoms with Gasteiger partial charge in [0.15, 0.2) is 0 Å². The molecule has 0 amide bonds. The smallest absolute Gasteiger partial charge is 0.337 e. The van der Waals surface area contributed by atoms with Gasteiger partial charge in [-0.3, -0.25) is 0 Å². The highest BCUT2D eigenvalue weighted by atomic mass is 16.5. The SMILES string of the molecule is COC(=O)c1ccc([C@@H]2CCCCN2)cc1. The monoisotopic (exact) mass is 219 g/mol. The second-order valence-corrected chi connectivity index (χ2v) is 4.12. The molecule has 0 aromatic heterocycles. The molecule has 0 radical (unpaired) electrons. The van der Waals surface area contributed by atoms with Crippen molar-refractivity contribution >= 4 is 5.97 Å². The second kappa shape index (κ2) is 5.12. The van der Waals surface area contributed by atoms with Crippen molar-refractivity contribution in [3.05, 3.63) is 35.4 Å². The van der Waals surface area contributed by atoms with Gasteiger partial charge in [0.05, 0.1) is 12.7 Å². The fourth-order valence-corrected chi connectivity index (χ4v) is 2.11. The lowest BCUT2D eigenvalue weighted by molar-refractivity contribution is 0.0600. The summed E-state index contributed by atoms with van der Waals surface area (Å²) >= 11 is 0. The Morgan fingerprint density at radius 1 is 1.31 bits per heavy atom. The summed E-state index contributed by atoms with van der Waals surface area (Å²) in [5.41, 5.74) is 1.87. The van der Waals surface area contributed by atoms with Gasteiger partial charge < -0.3 is 10.1 Å². The number of carbonyl (C=O) groups excluding carboxylic acids is 1. The van der Waals surface area contributed by atoms with Crippen LogP contribution in [0.1, 0.15) is 41.2 Å². The first-order valence-electron chi connectivity index (χ1n) is 5.73. The molecule has 2 rings (SSSR count). The molecular formula is C13H17NO2. The number of hydrogen-bond donors (Lipinski definition) is 1. The molecule has 1 fully saturated rings. The van der Waals surface area contributed by atoms with Crippen LogP contribution in [0.2, 0.25) is 0 Å². The van der Waals surface area contributed by atoms with Crippen LogP contribution in [-0.4, -0.2) is 19.6 Å². The topological polar surface area (TPSA) is 38.3 Å². The maximum absolute atomic E-state index is 11.3. The molecule has 16 heavy (non-hydrogen) atoms. The van der Waals surface area contributed by atoms with Crippen molar-refractivity contribution < 1.29 is 9.53 Å². The fraction of sp³-hybridized carbons (Fsp3) is 0.462. The number of piperidine rings is 1. The Balaban J connectivity index is 2.09. The Labute approximate surface area is 95.8 Å². The van der Waals surface area contributed by atoms with E-state index in [-0.39, 0.29) is 5.97 Å². The van der Waals surface area contributed by atoms with E-state index in [0.717, 1.165) is 6.54 Å². The van der Waals surface area contributed by atoms with Gasteiger partial charge in [-0.15, -0.1) is 0 Å². The van der Waals surface area contributed by atoms with Gasteiger partial charge in [-0.2, -0.15) is 0 Å². The standard InChI is InChI=1S/C13H17NO2/c1-16-13(15)11-7-5-10(6-8-11)12-4-2-3-9-14-12/h5-8,12,14H,2-4,9H2,1H3/t12-/m0/s1. The highest BCUT2D eigenvalue weighted by Gasteiger charge is 2.14. The van der Waals surface area contributed by atoms with E-state index in [4.69, 9.17) is 0 Å². The van der Waals surface area contributed by atoms with Crippen LogP contribution >= 0.6 is 0 Å². The molecular weight excluding hydrogens is 202 g/mol. The maximum atomic E-state index is 11.3. The molecule has 1 N–H and O–H groups in total. The lowest BCUT2D eigenvalue weighted by Gasteiger charge is -2.23. The van der Waals surface area contributed by atoms with Crippen LogP contribution in [0.15, 0.2) is 24.3 Å². The molecule has 3 nitrogen and oxygen atoms in total. The Bertz CT molecular complexity index is 353. The number of methoxy groups -OCH3 is 1. The van der Waals surface area contributed by atoms with Crippen molar-refractivity contribution in [3.8, 4) is 0 Å². The van der Waals surface area contributed by atoms with Gasteiger partial charge in [0.2, 0.25) is 0 Å². The van der Waals surface area contributed by atoms with Gasteiger partial charge in [-0.25, -0.2) is 4.79 Å². The molecule has 86 valence electrons. The van der Waals surface area contributed by atoms with Gasteiger partial charge in [-0.05, 0) is 37.1 Å². The summed E-state index contributed by atoms with van der Waals surface area (Å²) < 4.78 is 4.67. The van der Waals surface area contributed by atoms with E-state index in [1.165, 1.54) is 31.9 Å². The number of hydrogen-bond acceptors (Lipinski definition) is 3. The van der Waals surface area contributed by atoms with Crippen LogP contribution in [0.3, 0.4) is 0 Å². The van der Waals surface area contributed by atoms with E-state index in [1.54, 1.807) is 0 Å². The highest BCUT2D eigenvalue weighted by Crippen LogP contribution is 2.23. The van der Waals surface area contributed by atoms with Crippen molar-refractivity contribution in [2.24, 2.45) is 0 Å². The summed E-state index contributed by atoms with van der Waals surface area (Å²) in [5, 5.41) is 3.48. The summed E-state index contributed by atoms with van der Waals surface area (Å²) in [6.45, 7) is 1.09. The third-order valence-corrected chi connectivity index (χ3v) is 3.04. The Kier molecular flexibility index (Phi) is 3.57. The molecule has 0 spiro atoms. The molecule has 1 aliphatic heterocycles. The maximum Gasteiger partial charge on any atom is 0.337 e. The minimum Gasteiger partial charge on any atom is -0.465 e. The van der Waals surface area contributed by atoms with E-state index < -0.39 is 0 Å². The van der Waals surface area contributed by atoms with Gasteiger partial charge in [0.1, 0.15) is 0 Å². The Hall–Kier alpha value is -1.35. The van der Waals surface area contributed by atoms with E-state index in [9.17, 15) is 4.79 Å². The van der Waals surface area contributed by atoms with E-state index in [0.29, 0.717) is 11.6 Å². The third-order valence-electron chi connectivity index (χ3n) is 3.04. The molecule has 0 unspecified atom stereocenters. The number of benzene rings is 1. The molecule has 1 aromatic rings.